The predicted octanol–water partition coefficient (Wildman–Crippen LogP) is 3.23. The molecular weight excluding hydrogens is 350 g/mol. The lowest BCUT2D eigenvalue weighted by atomic mass is 10.1. The molecule has 2 aromatic rings. The van der Waals surface area contributed by atoms with Crippen LogP contribution in [0.15, 0.2) is 53.4 Å². The Balaban J connectivity index is 1.55. The highest BCUT2D eigenvalue weighted by atomic mass is 35.5. The minimum absolute atomic E-state index is 0.0346. The molecule has 0 saturated carbocycles. The summed E-state index contributed by atoms with van der Waals surface area (Å²) in [6.07, 6.45) is 0. The minimum atomic E-state index is -0.531. The summed E-state index contributed by atoms with van der Waals surface area (Å²) in [5.74, 6) is -1.41. The Hall–Kier alpha value is -2.31. The number of hydrogen-bond acceptors (Lipinski definition) is 5. The summed E-state index contributed by atoms with van der Waals surface area (Å²) in [5.41, 5.74) is 0.646. The van der Waals surface area contributed by atoms with Crippen molar-refractivity contribution in [3.05, 3.63) is 64.7 Å². The van der Waals surface area contributed by atoms with Crippen LogP contribution in [0.3, 0.4) is 0 Å². The molecule has 0 atom stereocenters. The number of thioether (sulfide) groups is 1. The lowest BCUT2D eigenvalue weighted by Gasteiger charge is -2.13. The molecule has 7 heteroatoms. The maximum Gasteiger partial charge on any atom is 0.318 e. The molecule has 0 spiro atoms. The second kappa shape index (κ2) is 7.07. The predicted molar refractivity (Wildman–Crippen MR) is 90.1 cm³/mol. The van der Waals surface area contributed by atoms with Crippen molar-refractivity contribution >= 4 is 41.1 Å². The van der Waals surface area contributed by atoms with E-state index < -0.39 is 24.5 Å². The fraction of sp³-hybridized carbons (Fsp3) is 0.118. The molecule has 122 valence electrons. The second-order valence-electron chi connectivity index (χ2n) is 4.95. The van der Waals surface area contributed by atoms with Gasteiger partial charge in [0, 0.05) is 4.90 Å². The zero-order chi connectivity index (χ0) is 17.1. The van der Waals surface area contributed by atoms with Crippen LogP contribution in [0.2, 0.25) is 5.02 Å². The Kier molecular flexibility index (Phi) is 4.87. The summed E-state index contributed by atoms with van der Waals surface area (Å²) in [5, 5.41) is 0.552. The standard InChI is InChI=1S/C17H12ClNO4S/c18-13-7-3-4-8-14(13)24-9-15(20)23-10-19-16(21)11-5-1-2-6-12(11)17(19)22/h1-8H,9-10H2. The van der Waals surface area contributed by atoms with E-state index in [4.69, 9.17) is 16.3 Å². The quantitative estimate of drug-likeness (QED) is 0.465. The molecule has 0 N–H and O–H groups in total. The summed E-state index contributed by atoms with van der Waals surface area (Å²) in [6.45, 7) is -0.395. The Morgan fingerprint density at radius 2 is 1.58 bits per heavy atom. The van der Waals surface area contributed by atoms with Crippen molar-refractivity contribution in [1.82, 2.24) is 4.90 Å². The van der Waals surface area contributed by atoms with Crippen LogP contribution in [0.1, 0.15) is 20.7 Å². The number of amides is 2. The molecule has 0 bridgehead atoms. The van der Waals surface area contributed by atoms with E-state index in [-0.39, 0.29) is 5.75 Å². The first kappa shape index (κ1) is 16.5. The Morgan fingerprint density at radius 3 is 2.21 bits per heavy atom. The van der Waals surface area contributed by atoms with E-state index in [1.54, 1.807) is 42.5 Å². The van der Waals surface area contributed by atoms with Gasteiger partial charge in [-0.05, 0) is 24.3 Å². The smallest absolute Gasteiger partial charge is 0.318 e. The van der Waals surface area contributed by atoms with E-state index >= 15 is 0 Å². The number of esters is 1. The van der Waals surface area contributed by atoms with Gasteiger partial charge in [0.05, 0.1) is 21.9 Å². The highest BCUT2D eigenvalue weighted by Gasteiger charge is 2.35. The lowest BCUT2D eigenvalue weighted by Crippen LogP contribution is -2.33. The zero-order valence-corrected chi connectivity index (χ0v) is 14.0. The van der Waals surface area contributed by atoms with Gasteiger partial charge in [-0.2, -0.15) is 0 Å². The Bertz CT molecular complexity index is 789. The third kappa shape index (κ3) is 3.29. The van der Waals surface area contributed by atoms with E-state index in [9.17, 15) is 14.4 Å². The normalized spacial score (nSPS) is 13.1. The summed E-state index contributed by atoms with van der Waals surface area (Å²) in [4.78, 5) is 37.8. The molecule has 1 aliphatic heterocycles. The molecule has 0 fully saturated rings. The number of ether oxygens (including phenoxy) is 1. The first-order valence-electron chi connectivity index (χ1n) is 7.06. The number of carbonyl (C=O) groups excluding carboxylic acids is 3. The zero-order valence-electron chi connectivity index (χ0n) is 12.4. The molecule has 0 saturated heterocycles. The van der Waals surface area contributed by atoms with Crippen LogP contribution in [0.5, 0.6) is 0 Å². The van der Waals surface area contributed by atoms with Crippen LogP contribution >= 0.6 is 23.4 Å². The van der Waals surface area contributed by atoms with E-state index in [2.05, 4.69) is 0 Å². The van der Waals surface area contributed by atoms with Crippen LogP contribution in [-0.2, 0) is 9.53 Å². The van der Waals surface area contributed by atoms with Gasteiger partial charge in [0.2, 0.25) is 0 Å². The Labute approximate surface area is 147 Å². The van der Waals surface area contributed by atoms with E-state index in [0.29, 0.717) is 16.1 Å². The van der Waals surface area contributed by atoms with Gasteiger partial charge >= 0.3 is 5.97 Å². The molecule has 0 aliphatic carbocycles. The van der Waals surface area contributed by atoms with Crippen molar-refractivity contribution in [2.24, 2.45) is 0 Å². The van der Waals surface area contributed by atoms with Crippen molar-refractivity contribution in [2.75, 3.05) is 12.5 Å². The van der Waals surface area contributed by atoms with Gasteiger partial charge < -0.3 is 4.74 Å². The molecule has 0 unspecified atom stereocenters. The maximum absolute atomic E-state index is 12.1. The lowest BCUT2D eigenvalue weighted by molar-refractivity contribution is -0.142. The fourth-order valence-corrected chi connectivity index (χ4v) is 3.27. The number of carbonyl (C=O) groups is 3. The first-order chi connectivity index (χ1) is 11.6. The van der Waals surface area contributed by atoms with Crippen LogP contribution < -0.4 is 0 Å². The largest absolute Gasteiger partial charge is 0.443 e. The van der Waals surface area contributed by atoms with Crippen LogP contribution in [0.4, 0.5) is 0 Å². The van der Waals surface area contributed by atoms with E-state index in [1.165, 1.54) is 11.8 Å². The molecule has 1 heterocycles. The fourth-order valence-electron chi connectivity index (χ4n) is 2.23. The SMILES string of the molecule is O=C(CSc1ccccc1Cl)OCN1C(=O)c2ccccc2C1=O. The average molecular weight is 362 g/mol. The summed E-state index contributed by atoms with van der Waals surface area (Å²) in [6, 6.07) is 13.7. The second-order valence-corrected chi connectivity index (χ2v) is 6.37. The van der Waals surface area contributed by atoms with Crippen LogP contribution in [0, 0.1) is 0 Å². The molecule has 1 aliphatic rings. The number of halogens is 1. The van der Waals surface area contributed by atoms with Crippen molar-refractivity contribution in [3.63, 3.8) is 0 Å². The highest BCUT2D eigenvalue weighted by molar-refractivity contribution is 8.00. The highest BCUT2D eigenvalue weighted by Crippen LogP contribution is 2.27. The summed E-state index contributed by atoms with van der Waals surface area (Å²) < 4.78 is 5.04. The number of fused-ring (bicyclic) bond motifs is 1. The molecule has 0 aromatic heterocycles. The number of imide groups is 1. The maximum atomic E-state index is 12.1. The van der Waals surface area contributed by atoms with Crippen molar-refractivity contribution in [3.8, 4) is 0 Å². The molecule has 2 aromatic carbocycles. The Morgan fingerprint density at radius 1 is 1.00 bits per heavy atom. The van der Waals surface area contributed by atoms with Crippen LogP contribution in [0.25, 0.3) is 0 Å². The van der Waals surface area contributed by atoms with Gasteiger partial charge in [-0.15, -0.1) is 11.8 Å². The molecule has 3 rings (SSSR count). The van der Waals surface area contributed by atoms with Gasteiger partial charge in [0.25, 0.3) is 11.8 Å². The summed E-state index contributed by atoms with van der Waals surface area (Å²) in [7, 11) is 0. The van der Waals surface area contributed by atoms with Gasteiger partial charge in [-0.1, -0.05) is 35.9 Å². The monoisotopic (exact) mass is 361 g/mol. The third-order valence-electron chi connectivity index (χ3n) is 3.41. The number of benzene rings is 2. The molecule has 2 amide bonds. The van der Waals surface area contributed by atoms with Crippen molar-refractivity contribution < 1.29 is 19.1 Å². The van der Waals surface area contributed by atoms with Gasteiger partial charge in [-0.3, -0.25) is 14.4 Å². The summed E-state index contributed by atoms with van der Waals surface area (Å²) >= 11 is 7.24. The topological polar surface area (TPSA) is 63.7 Å². The van der Waals surface area contributed by atoms with Crippen molar-refractivity contribution in [2.45, 2.75) is 4.90 Å². The molecule has 0 radical (unpaired) electrons. The molecule has 5 nitrogen and oxygen atoms in total. The molecular formula is C17H12ClNO4S. The first-order valence-corrected chi connectivity index (χ1v) is 8.42. The van der Waals surface area contributed by atoms with Crippen LogP contribution in [-0.4, -0.2) is 35.2 Å². The number of hydrogen-bond donors (Lipinski definition) is 0. The number of rotatable bonds is 5. The third-order valence-corrected chi connectivity index (χ3v) is 4.90. The molecule has 24 heavy (non-hydrogen) atoms. The van der Waals surface area contributed by atoms with E-state index in [0.717, 1.165) is 9.80 Å². The van der Waals surface area contributed by atoms with Gasteiger partial charge in [0.1, 0.15) is 0 Å². The minimum Gasteiger partial charge on any atom is -0.443 e. The number of nitrogens with zero attached hydrogens (tertiary/aromatic N) is 1. The van der Waals surface area contributed by atoms with Gasteiger partial charge in [0.15, 0.2) is 6.73 Å². The average Bonchev–Trinajstić information content (AvgIpc) is 2.84. The van der Waals surface area contributed by atoms with Crippen molar-refractivity contribution in [1.29, 1.82) is 0 Å². The van der Waals surface area contributed by atoms with E-state index in [1.807, 2.05) is 6.07 Å². The van der Waals surface area contributed by atoms with Gasteiger partial charge in [-0.25, -0.2) is 4.90 Å².